The molecule has 3 aromatic rings. The fourth-order valence-corrected chi connectivity index (χ4v) is 7.90. The van der Waals surface area contributed by atoms with Gasteiger partial charge < -0.3 is 19.4 Å². The number of amides is 1. The zero-order valence-electron chi connectivity index (χ0n) is 29.6. The Balaban J connectivity index is 0.00000197. The highest BCUT2D eigenvalue weighted by atomic mass is 19.1. The van der Waals surface area contributed by atoms with E-state index in [1.807, 2.05) is 63.0 Å². The van der Waals surface area contributed by atoms with Crippen LogP contribution >= 0.6 is 0 Å². The first-order valence-corrected chi connectivity index (χ1v) is 17.9. The third-order valence-electron chi connectivity index (χ3n) is 10.6. The van der Waals surface area contributed by atoms with Crippen molar-refractivity contribution in [1.29, 1.82) is 0 Å². The van der Waals surface area contributed by atoms with E-state index in [1.54, 1.807) is 12.3 Å². The Hall–Kier alpha value is -3.63. The number of aryl methyl sites for hydroxylation is 1. The molecule has 4 aliphatic rings. The average Bonchev–Trinajstić information content (AvgIpc) is 3.45. The van der Waals surface area contributed by atoms with Gasteiger partial charge in [-0.05, 0) is 96.1 Å². The van der Waals surface area contributed by atoms with Gasteiger partial charge in [0.25, 0.3) is 0 Å². The summed E-state index contributed by atoms with van der Waals surface area (Å²) in [5.74, 6) is 0.597. The number of fused-ring (bicyclic) bond motifs is 2. The Kier molecular flexibility index (Phi) is 10.3. The molecule has 3 aliphatic heterocycles. The molecule has 1 amide bonds. The third kappa shape index (κ3) is 6.79. The van der Waals surface area contributed by atoms with E-state index in [0.717, 1.165) is 50.8 Å². The number of benzene rings is 1. The Morgan fingerprint density at radius 2 is 1.83 bits per heavy atom. The Labute approximate surface area is 285 Å². The number of anilines is 1. The molecule has 1 saturated carbocycles. The summed E-state index contributed by atoms with van der Waals surface area (Å²) in [7, 11) is 5.92. The molecule has 1 aliphatic carbocycles. The number of hydrogen-bond acceptors (Lipinski definition) is 8. The van der Waals surface area contributed by atoms with E-state index in [9.17, 15) is 4.79 Å². The summed E-state index contributed by atoms with van der Waals surface area (Å²) < 4.78 is 23.2. The maximum Gasteiger partial charge on any atom is 0.319 e. The second-order valence-corrected chi connectivity index (χ2v) is 14.0. The van der Waals surface area contributed by atoms with Crippen LogP contribution in [0.1, 0.15) is 75.8 Å². The van der Waals surface area contributed by atoms with E-state index >= 15 is 4.39 Å². The molecule has 5 heterocycles. The quantitative estimate of drug-likeness (QED) is 0.239. The van der Waals surface area contributed by atoms with E-state index in [0.29, 0.717) is 49.1 Å². The number of likely N-dealkylation sites (N-methyl/N-ethyl adjacent to an activating group) is 2. The minimum Gasteiger partial charge on any atom is -0.461 e. The summed E-state index contributed by atoms with van der Waals surface area (Å²) in [5, 5.41) is 0.550. The number of rotatable bonds is 10. The van der Waals surface area contributed by atoms with Crippen molar-refractivity contribution in [3.63, 3.8) is 0 Å². The molecule has 258 valence electrons. The molecule has 48 heavy (non-hydrogen) atoms. The predicted octanol–water partition coefficient (Wildman–Crippen LogP) is 6.21. The molecule has 1 aromatic carbocycles. The number of carbonyl (C=O) groups is 1. The van der Waals surface area contributed by atoms with Gasteiger partial charge in [0.15, 0.2) is 5.82 Å². The van der Waals surface area contributed by atoms with Crippen molar-refractivity contribution in [3.8, 4) is 17.3 Å². The van der Waals surface area contributed by atoms with Crippen LogP contribution in [0.4, 0.5) is 10.2 Å². The van der Waals surface area contributed by atoms with Crippen molar-refractivity contribution in [2.75, 3.05) is 65.4 Å². The lowest BCUT2D eigenvalue weighted by Crippen LogP contribution is -2.43. The van der Waals surface area contributed by atoms with Gasteiger partial charge in [-0.3, -0.25) is 14.7 Å². The van der Waals surface area contributed by atoms with Crippen LogP contribution in [-0.2, 0) is 4.79 Å². The lowest BCUT2D eigenvalue weighted by molar-refractivity contribution is -0.125. The molecule has 3 saturated heterocycles. The minimum atomic E-state index is -0.442. The first kappa shape index (κ1) is 34.2. The maximum absolute atomic E-state index is 16.7. The van der Waals surface area contributed by atoms with Crippen LogP contribution in [0.2, 0.25) is 0 Å². The highest BCUT2D eigenvalue weighted by Gasteiger charge is 2.45. The van der Waals surface area contributed by atoms with E-state index in [4.69, 9.17) is 19.7 Å². The smallest absolute Gasteiger partial charge is 0.319 e. The molecule has 1 atom stereocenters. The highest BCUT2D eigenvalue weighted by molar-refractivity contribution is 5.92. The molecule has 0 N–H and O–H groups in total. The molecule has 0 radical (unpaired) electrons. The van der Waals surface area contributed by atoms with Crippen LogP contribution < -0.4 is 9.64 Å². The summed E-state index contributed by atoms with van der Waals surface area (Å²) >= 11 is 0. The van der Waals surface area contributed by atoms with Gasteiger partial charge in [0.1, 0.15) is 23.6 Å². The number of likely N-dealkylation sites (tertiary alicyclic amines) is 1. The van der Waals surface area contributed by atoms with Crippen LogP contribution in [0.25, 0.3) is 22.2 Å². The van der Waals surface area contributed by atoms with Crippen LogP contribution in [0.3, 0.4) is 0 Å². The zero-order valence-corrected chi connectivity index (χ0v) is 29.6. The number of ether oxygens (including phenoxy) is 1. The number of hydrogen-bond donors (Lipinski definition) is 0. The second-order valence-electron chi connectivity index (χ2n) is 14.0. The van der Waals surface area contributed by atoms with Gasteiger partial charge in [-0.15, -0.1) is 0 Å². The summed E-state index contributed by atoms with van der Waals surface area (Å²) in [5.41, 5.74) is 3.77. The van der Waals surface area contributed by atoms with Gasteiger partial charge in [-0.25, -0.2) is 4.39 Å². The largest absolute Gasteiger partial charge is 0.461 e. The van der Waals surface area contributed by atoms with E-state index in [2.05, 4.69) is 22.8 Å². The van der Waals surface area contributed by atoms with Crippen molar-refractivity contribution < 1.29 is 13.9 Å². The molecule has 1 unspecified atom stereocenters. The molecule has 2 aromatic heterocycles. The van der Waals surface area contributed by atoms with Crippen molar-refractivity contribution in [2.24, 2.45) is 0 Å². The number of nitrogens with zero attached hydrogens (tertiary/aromatic N) is 7. The van der Waals surface area contributed by atoms with E-state index in [1.165, 1.54) is 24.0 Å². The highest BCUT2D eigenvalue weighted by Crippen LogP contribution is 2.46. The van der Waals surface area contributed by atoms with E-state index in [-0.39, 0.29) is 29.0 Å². The minimum absolute atomic E-state index is 0.00762. The lowest BCUT2D eigenvalue weighted by Gasteiger charge is -2.31. The number of pyridine rings is 1. The molecule has 7 rings (SSSR count). The first-order valence-electron chi connectivity index (χ1n) is 17.9. The van der Waals surface area contributed by atoms with E-state index < -0.39 is 5.82 Å². The zero-order chi connectivity index (χ0) is 34.0. The van der Waals surface area contributed by atoms with Gasteiger partial charge in [-0.2, -0.15) is 9.97 Å². The van der Waals surface area contributed by atoms with Crippen LogP contribution in [0, 0.1) is 12.7 Å². The second kappa shape index (κ2) is 14.5. The number of halogens is 1. The SMILES string of the molecule is CC.Cc1cccc(-c2ncc3c(N(C)C4CCN(C(=O)/C=C/CN(C)C)C4)nc(OCC45CCCN4CCC5)nc3c2F)c1C1CC1. The molecule has 9 nitrogen and oxygen atoms in total. The summed E-state index contributed by atoms with van der Waals surface area (Å²) in [4.78, 5) is 35.8. The van der Waals surface area contributed by atoms with Crippen molar-refractivity contribution >= 4 is 22.6 Å². The van der Waals surface area contributed by atoms with Gasteiger partial charge in [-0.1, -0.05) is 38.1 Å². The Morgan fingerprint density at radius 3 is 2.54 bits per heavy atom. The molecular formula is C38H52FN7O2. The number of carbonyl (C=O) groups excluding carboxylic acids is 1. The standard InChI is InChI=1S/C36H46FN7O2.C2H6/c1-24-9-5-10-27(30(24)25-12-13-25)32-31(37)33-28(21-38-32)34(40-35(39-33)46-23-36-15-7-18-44(36)19-8-16-36)42(4)26-14-20-43(22-26)29(45)11-6-17-41(2)3;1-2/h5-6,9-11,21,25-26H,7-8,12-20,22-23H2,1-4H3;1-2H3/b11-6+;. The third-order valence-corrected chi connectivity index (χ3v) is 10.6. The monoisotopic (exact) mass is 657 g/mol. The number of aromatic nitrogens is 3. The lowest BCUT2D eigenvalue weighted by atomic mass is 9.95. The average molecular weight is 658 g/mol. The summed E-state index contributed by atoms with van der Waals surface area (Å²) in [6, 6.07) is 6.26. The summed E-state index contributed by atoms with van der Waals surface area (Å²) in [6.45, 7) is 10.7. The van der Waals surface area contributed by atoms with Gasteiger partial charge in [0.05, 0.1) is 10.9 Å². The van der Waals surface area contributed by atoms with Crippen molar-refractivity contribution in [2.45, 2.75) is 83.2 Å². The molecule has 4 fully saturated rings. The van der Waals surface area contributed by atoms with Crippen LogP contribution in [0.15, 0.2) is 36.5 Å². The van der Waals surface area contributed by atoms with Crippen LogP contribution in [0.5, 0.6) is 6.01 Å². The first-order chi connectivity index (χ1) is 23.2. The molecular weight excluding hydrogens is 605 g/mol. The maximum atomic E-state index is 16.7. The molecule has 0 spiro atoms. The molecule has 0 bridgehead atoms. The fraction of sp³-hybridized carbons (Fsp3) is 0.579. The van der Waals surface area contributed by atoms with Gasteiger partial charge in [0, 0.05) is 50.6 Å². The van der Waals surface area contributed by atoms with Crippen molar-refractivity contribution in [3.05, 3.63) is 53.5 Å². The van der Waals surface area contributed by atoms with Crippen LogP contribution in [-0.4, -0.2) is 108 Å². The topological polar surface area (TPSA) is 77.9 Å². The Morgan fingerprint density at radius 1 is 1.08 bits per heavy atom. The van der Waals surface area contributed by atoms with Gasteiger partial charge in [0.2, 0.25) is 5.91 Å². The molecule has 10 heteroatoms. The normalized spacial score (nSPS) is 20.4. The predicted molar refractivity (Wildman–Crippen MR) is 190 cm³/mol. The Bertz CT molecular complexity index is 1650. The van der Waals surface area contributed by atoms with Crippen molar-refractivity contribution in [1.82, 2.24) is 29.7 Å². The summed E-state index contributed by atoms with van der Waals surface area (Å²) in [6.07, 6.45) is 12.8. The fourth-order valence-electron chi connectivity index (χ4n) is 7.90. The van der Waals surface area contributed by atoms with Gasteiger partial charge >= 0.3 is 6.01 Å².